The van der Waals surface area contributed by atoms with E-state index >= 15 is 0 Å². The van der Waals surface area contributed by atoms with Gasteiger partial charge in [-0.3, -0.25) is 0 Å². The molecule has 0 spiro atoms. The average Bonchev–Trinajstić information content (AvgIpc) is 2.86. The molecule has 2 aliphatic rings. The smallest absolute Gasteiger partial charge is 0.238 e. The molecule has 2 aromatic rings. The van der Waals surface area contributed by atoms with Crippen molar-refractivity contribution in [1.82, 2.24) is 10.1 Å². The Morgan fingerprint density at radius 2 is 1.84 bits per heavy atom. The van der Waals surface area contributed by atoms with Gasteiger partial charge in [0.25, 0.3) is 0 Å². The lowest BCUT2D eigenvalue weighted by atomic mass is 9.82. The lowest BCUT2D eigenvalue weighted by Gasteiger charge is -2.27. The molecule has 0 amide bonds. The van der Waals surface area contributed by atoms with Crippen molar-refractivity contribution in [2.24, 2.45) is 10.6 Å². The second kappa shape index (κ2) is 5.36. The Labute approximate surface area is 146 Å². The number of rotatable bonds is 4. The van der Waals surface area contributed by atoms with Crippen molar-refractivity contribution in [2.45, 2.75) is 55.4 Å². The minimum atomic E-state index is -3.69. The van der Waals surface area contributed by atoms with Crippen LogP contribution < -0.4 is 5.14 Å². The number of nitrogens with two attached hydrogens (primary N) is 1. The molecule has 0 aliphatic heterocycles. The van der Waals surface area contributed by atoms with Crippen LogP contribution >= 0.6 is 0 Å². The fourth-order valence-corrected chi connectivity index (χ4v) is 4.45. The second-order valence-electron chi connectivity index (χ2n) is 7.70. The predicted molar refractivity (Wildman–Crippen MR) is 89.4 cm³/mol. The highest BCUT2D eigenvalue weighted by atomic mass is 32.2. The van der Waals surface area contributed by atoms with E-state index in [1.165, 1.54) is 12.1 Å². The Bertz CT molecular complexity index is 898. The highest BCUT2D eigenvalue weighted by Crippen LogP contribution is 2.69. The summed E-state index contributed by atoms with van der Waals surface area (Å²) in [5.74, 6) is 1.76. The van der Waals surface area contributed by atoms with Crippen molar-refractivity contribution in [3.8, 4) is 0 Å². The Balaban J connectivity index is 1.56. The van der Waals surface area contributed by atoms with Crippen molar-refractivity contribution in [1.29, 1.82) is 0 Å². The SMILES string of the molecule is CC1(C)[C@@H](c2ccc(S(N)(=O)=O)cc2)[C@@H]1c1noc(C2CC(O)C2)n1. The average molecular weight is 363 g/mol. The first-order valence-electron chi connectivity index (χ1n) is 8.32. The number of hydrogen-bond acceptors (Lipinski definition) is 6. The van der Waals surface area contributed by atoms with E-state index in [1.807, 2.05) is 0 Å². The topological polar surface area (TPSA) is 119 Å². The number of nitrogens with zero attached hydrogens (tertiary/aromatic N) is 2. The van der Waals surface area contributed by atoms with Crippen molar-refractivity contribution < 1.29 is 18.0 Å². The molecule has 2 aliphatic carbocycles. The largest absolute Gasteiger partial charge is 0.393 e. The first-order valence-corrected chi connectivity index (χ1v) is 9.87. The number of hydrogen-bond donors (Lipinski definition) is 2. The Morgan fingerprint density at radius 3 is 2.40 bits per heavy atom. The zero-order valence-electron chi connectivity index (χ0n) is 14.1. The highest BCUT2D eigenvalue weighted by molar-refractivity contribution is 7.89. The van der Waals surface area contributed by atoms with Gasteiger partial charge in [0.05, 0.1) is 11.0 Å². The Hall–Kier alpha value is -1.77. The first-order chi connectivity index (χ1) is 11.7. The van der Waals surface area contributed by atoms with E-state index < -0.39 is 10.0 Å². The molecule has 0 radical (unpaired) electrons. The number of aliphatic hydroxyl groups excluding tert-OH is 1. The quantitative estimate of drug-likeness (QED) is 0.856. The fraction of sp³-hybridized carbons (Fsp3) is 0.529. The number of aromatic nitrogens is 2. The summed E-state index contributed by atoms with van der Waals surface area (Å²) < 4.78 is 28.2. The zero-order chi connectivity index (χ0) is 18.0. The van der Waals surface area contributed by atoms with Gasteiger partial charge in [0.1, 0.15) is 0 Å². The molecule has 2 atom stereocenters. The first kappa shape index (κ1) is 16.7. The molecule has 0 bridgehead atoms. The molecule has 1 heterocycles. The summed E-state index contributed by atoms with van der Waals surface area (Å²) in [6, 6.07) is 6.67. The van der Waals surface area contributed by atoms with Gasteiger partial charge < -0.3 is 9.63 Å². The minimum absolute atomic E-state index is 0.0383. The van der Waals surface area contributed by atoms with Gasteiger partial charge in [-0.05, 0) is 36.0 Å². The summed E-state index contributed by atoms with van der Waals surface area (Å²) >= 11 is 0. The molecule has 0 unspecified atom stereocenters. The lowest BCUT2D eigenvalue weighted by Crippen LogP contribution is -2.26. The van der Waals surface area contributed by atoms with Crippen molar-refractivity contribution in [3.05, 3.63) is 41.5 Å². The molecule has 0 saturated heterocycles. The fourth-order valence-electron chi connectivity index (χ4n) is 3.94. The molecular weight excluding hydrogens is 342 g/mol. The molecule has 4 rings (SSSR count). The minimum Gasteiger partial charge on any atom is -0.393 e. The van der Waals surface area contributed by atoms with Crippen LogP contribution in [0.5, 0.6) is 0 Å². The van der Waals surface area contributed by atoms with Gasteiger partial charge in [0, 0.05) is 17.8 Å². The van der Waals surface area contributed by atoms with Gasteiger partial charge in [-0.25, -0.2) is 13.6 Å². The summed E-state index contributed by atoms with van der Waals surface area (Å²) in [6.45, 7) is 4.28. The Morgan fingerprint density at radius 1 is 1.20 bits per heavy atom. The Kier molecular flexibility index (Phi) is 3.58. The molecule has 8 heteroatoms. The maximum Gasteiger partial charge on any atom is 0.238 e. The van der Waals surface area contributed by atoms with Gasteiger partial charge in [0.2, 0.25) is 15.9 Å². The van der Waals surface area contributed by atoms with E-state index in [9.17, 15) is 13.5 Å². The van der Waals surface area contributed by atoms with Gasteiger partial charge in [0.15, 0.2) is 5.82 Å². The maximum absolute atomic E-state index is 11.4. The standard InChI is InChI=1S/C17H21N3O4S/c1-17(2)13(9-3-5-12(6-4-9)25(18,22)23)14(17)15-19-16(24-20-15)10-7-11(21)8-10/h3-6,10-11,13-14,21H,7-8H2,1-2H3,(H2,18,22,23)/t10?,11?,13-,14+/m0/s1. The van der Waals surface area contributed by atoms with E-state index in [4.69, 9.17) is 9.66 Å². The van der Waals surface area contributed by atoms with Crippen molar-refractivity contribution in [3.63, 3.8) is 0 Å². The van der Waals surface area contributed by atoms with Crippen LogP contribution in [0, 0.1) is 5.41 Å². The third kappa shape index (κ3) is 2.78. The molecular formula is C17H21N3O4S. The van der Waals surface area contributed by atoms with Crippen LogP contribution in [0.2, 0.25) is 0 Å². The summed E-state index contributed by atoms with van der Waals surface area (Å²) in [4.78, 5) is 4.66. The number of primary sulfonamides is 1. The number of sulfonamides is 1. The molecule has 1 aromatic heterocycles. The summed E-state index contributed by atoms with van der Waals surface area (Å²) in [5, 5.41) is 18.7. The molecule has 2 fully saturated rings. The third-order valence-electron chi connectivity index (χ3n) is 5.59. The van der Waals surface area contributed by atoms with Crippen LogP contribution in [0.3, 0.4) is 0 Å². The molecule has 1 aromatic carbocycles. The van der Waals surface area contributed by atoms with Gasteiger partial charge in [-0.2, -0.15) is 4.98 Å². The van der Waals surface area contributed by atoms with Crippen LogP contribution in [0.1, 0.15) is 61.7 Å². The monoisotopic (exact) mass is 363 g/mol. The third-order valence-corrected chi connectivity index (χ3v) is 6.52. The van der Waals surface area contributed by atoms with E-state index in [1.54, 1.807) is 12.1 Å². The molecule has 3 N–H and O–H groups in total. The molecule has 7 nitrogen and oxygen atoms in total. The predicted octanol–water partition coefficient (Wildman–Crippen LogP) is 1.86. The summed E-state index contributed by atoms with van der Waals surface area (Å²) in [5.41, 5.74) is 0.997. The van der Waals surface area contributed by atoms with E-state index in [0.29, 0.717) is 24.6 Å². The van der Waals surface area contributed by atoms with Crippen molar-refractivity contribution >= 4 is 10.0 Å². The van der Waals surface area contributed by atoms with E-state index in [2.05, 4.69) is 24.0 Å². The second-order valence-corrected chi connectivity index (χ2v) is 9.27. The van der Waals surface area contributed by atoms with Crippen LogP contribution in [-0.4, -0.2) is 29.8 Å². The summed E-state index contributed by atoms with van der Waals surface area (Å²) in [7, 11) is -3.69. The van der Waals surface area contributed by atoms with Gasteiger partial charge in [-0.1, -0.05) is 31.1 Å². The maximum atomic E-state index is 11.4. The van der Waals surface area contributed by atoms with Crippen LogP contribution in [0.25, 0.3) is 0 Å². The zero-order valence-corrected chi connectivity index (χ0v) is 14.9. The molecule has 2 saturated carbocycles. The normalized spacial score (nSPS) is 30.7. The van der Waals surface area contributed by atoms with E-state index in [0.717, 1.165) is 5.56 Å². The van der Waals surface area contributed by atoms with Gasteiger partial charge in [-0.15, -0.1) is 0 Å². The van der Waals surface area contributed by atoms with E-state index in [-0.39, 0.29) is 34.2 Å². The van der Waals surface area contributed by atoms with Crippen LogP contribution in [0.15, 0.2) is 33.7 Å². The van der Waals surface area contributed by atoms with Crippen molar-refractivity contribution in [2.75, 3.05) is 0 Å². The summed E-state index contributed by atoms with van der Waals surface area (Å²) in [6.07, 6.45) is 1.09. The number of benzene rings is 1. The lowest BCUT2D eigenvalue weighted by molar-refractivity contribution is 0.0625. The van der Waals surface area contributed by atoms with Crippen LogP contribution in [0.4, 0.5) is 0 Å². The molecule has 134 valence electrons. The highest BCUT2D eigenvalue weighted by Gasteiger charge is 2.61. The van der Waals surface area contributed by atoms with Crippen LogP contribution in [-0.2, 0) is 10.0 Å². The molecule has 25 heavy (non-hydrogen) atoms. The van der Waals surface area contributed by atoms with Gasteiger partial charge >= 0.3 is 0 Å². The number of aliphatic hydroxyl groups is 1.